The third-order valence-electron chi connectivity index (χ3n) is 13.7. The first-order valence-corrected chi connectivity index (χ1v) is 23.2. The molecule has 0 N–H and O–H groups in total. The maximum absolute atomic E-state index is 2.61. The molecule has 0 atom stereocenters. The fraction of sp³-hybridized carbons (Fsp3) is 0.0159. The van der Waals surface area contributed by atoms with E-state index in [1.54, 1.807) is 0 Å². The topological polar surface area (TPSA) is 3.24 Å². The van der Waals surface area contributed by atoms with Crippen LogP contribution in [0, 0.1) is 0 Å². The highest BCUT2D eigenvalue weighted by atomic mass is 32.1. The lowest BCUT2D eigenvalue weighted by molar-refractivity contribution is 0.768. The van der Waals surface area contributed by atoms with Crippen LogP contribution in [0.5, 0.6) is 0 Å². The van der Waals surface area contributed by atoms with E-state index in [0.717, 1.165) is 17.1 Å². The molecule has 1 heterocycles. The van der Waals surface area contributed by atoms with Gasteiger partial charge in [-0.05, 0) is 96.6 Å². The molecule has 1 aliphatic rings. The molecule has 0 unspecified atom stereocenters. The maximum Gasteiger partial charge on any atom is 0.0714 e. The molecule has 12 aromatic rings. The van der Waals surface area contributed by atoms with Crippen LogP contribution in [0.15, 0.2) is 249 Å². The lowest BCUT2D eigenvalue weighted by atomic mass is 9.67. The monoisotopic (exact) mass is 843 g/mol. The van der Waals surface area contributed by atoms with Crippen LogP contribution in [-0.4, -0.2) is 0 Å². The lowest BCUT2D eigenvalue weighted by Crippen LogP contribution is -2.28. The molecule has 0 aliphatic heterocycles. The van der Waals surface area contributed by atoms with Crippen LogP contribution in [0.4, 0.5) is 17.1 Å². The molecule has 11 aromatic carbocycles. The summed E-state index contributed by atoms with van der Waals surface area (Å²) in [6.07, 6.45) is 0. The van der Waals surface area contributed by atoms with Crippen molar-refractivity contribution in [3.63, 3.8) is 0 Å². The molecule has 0 spiro atoms. The molecule has 0 saturated carbocycles. The normalized spacial score (nSPS) is 12.7. The van der Waals surface area contributed by atoms with Gasteiger partial charge in [-0.3, -0.25) is 0 Å². The number of nitrogens with zero attached hydrogens (tertiary/aromatic N) is 1. The van der Waals surface area contributed by atoms with E-state index in [1.165, 1.54) is 97.4 Å². The molecule has 1 aliphatic carbocycles. The molecule has 1 aromatic heterocycles. The average molecular weight is 844 g/mol. The van der Waals surface area contributed by atoms with Gasteiger partial charge in [0.15, 0.2) is 0 Å². The largest absolute Gasteiger partial charge is 0.308 e. The van der Waals surface area contributed by atoms with Crippen molar-refractivity contribution in [2.75, 3.05) is 4.90 Å². The molecule has 1 nitrogen and oxygen atoms in total. The van der Waals surface area contributed by atoms with Crippen molar-refractivity contribution in [2.24, 2.45) is 0 Å². The number of hydrogen-bond donors (Lipinski definition) is 0. The standard InChI is InChI=1S/C63H41NS/c1-4-20-42(21-5-1)43-22-18-23-44(40-43)60-53-32-12-10-28-48(53)49-29-11-13-33-54(49)61(60)64(58-36-19-34-55-52-31-15-17-37-59(52)65-62(55)58)47-38-39-51-50-30-14-16-35-56(50)63(57(51)41-47,45-24-6-2-7-25-45)46-26-8-3-9-27-46/h1-41H. The summed E-state index contributed by atoms with van der Waals surface area (Å²) in [4.78, 5) is 2.61. The highest BCUT2D eigenvalue weighted by molar-refractivity contribution is 7.26. The second kappa shape index (κ2) is 15.1. The van der Waals surface area contributed by atoms with E-state index in [1.807, 2.05) is 11.3 Å². The predicted molar refractivity (Wildman–Crippen MR) is 277 cm³/mol. The quantitative estimate of drug-likeness (QED) is 0.145. The molecular weight excluding hydrogens is 803 g/mol. The number of thiophene rings is 1. The Bertz CT molecular complexity index is 3730. The Labute approximate surface area is 382 Å². The van der Waals surface area contributed by atoms with E-state index < -0.39 is 5.41 Å². The second-order valence-corrected chi connectivity index (χ2v) is 18.2. The van der Waals surface area contributed by atoms with Crippen LogP contribution in [0.25, 0.3) is 75.1 Å². The lowest BCUT2D eigenvalue weighted by Gasteiger charge is -2.35. The summed E-state index contributed by atoms with van der Waals surface area (Å²) in [5.41, 5.74) is 15.3. The number of fused-ring (bicyclic) bond motifs is 9. The Balaban J connectivity index is 1.19. The number of benzene rings is 11. The molecule has 0 radical (unpaired) electrons. The van der Waals surface area contributed by atoms with E-state index in [0.29, 0.717) is 0 Å². The first kappa shape index (κ1) is 37.5. The van der Waals surface area contributed by atoms with Gasteiger partial charge in [0.1, 0.15) is 0 Å². The zero-order chi connectivity index (χ0) is 42.9. The fourth-order valence-electron chi connectivity index (χ4n) is 11.0. The Hall–Kier alpha value is -8.04. The third kappa shape index (κ3) is 5.71. The van der Waals surface area contributed by atoms with E-state index in [2.05, 4.69) is 254 Å². The van der Waals surface area contributed by atoms with Gasteiger partial charge in [0, 0.05) is 32.1 Å². The maximum atomic E-state index is 2.61. The summed E-state index contributed by atoms with van der Waals surface area (Å²) < 4.78 is 2.54. The van der Waals surface area contributed by atoms with Crippen LogP contribution in [0.2, 0.25) is 0 Å². The van der Waals surface area contributed by atoms with Gasteiger partial charge in [-0.1, -0.05) is 218 Å². The Morgan fingerprint density at radius 2 is 0.877 bits per heavy atom. The van der Waals surface area contributed by atoms with Crippen molar-refractivity contribution in [3.05, 3.63) is 271 Å². The highest BCUT2D eigenvalue weighted by Crippen LogP contribution is 2.59. The van der Waals surface area contributed by atoms with Gasteiger partial charge in [-0.2, -0.15) is 0 Å². The van der Waals surface area contributed by atoms with Crippen molar-refractivity contribution in [1.82, 2.24) is 0 Å². The smallest absolute Gasteiger partial charge is 0.0714 e. The molecule has 0 fully saturated rings. The summed E-state index contributed by atoms with van der Waals surface area (Å²) >= 11 is 1.88. The first-order chi connectivity index (χ1) is 32.3. The van der Waals surface area contributed by atoms with Crippen LogP contribution in [0.1, 0.15) is 22.3 Å². The summed E-state index contributed by atoms with van der Waals surface area (Å²) in [5.74, 6) is 0. The van der Waals surface area contributed by atoms with Crippen molar-refractivity contribution >= 4 is 70.1 Å². The minimum atomic E-state index is -0.557. The Morgan fingerprint density at radius 1 is 0.338 bits per heavy atom. The molecule has 65 heavy (non-hydrogen) atoms. The number of rotatable bonds is 7. The van der Waals surface area contributed by atoms with Gasteiger partial charge < -0.3 is 4.90 Å². The first-order valence-electron chi connectivity index (χ1n) is 22.4. The number of hydrogen-bond acceptors (Lipinski definition) is 2. The van der Waals surface area contributed by atoms with Gasteiger partial charge in [-0.25, -0.2) is 0 Å². The van der Waals surface area contributed by atoms with E-state index in [-0.39, 0.29) is 0 Å². The molecule has 304 valence electrons. The van der Waals surface area contributed by atoms with Crippen molar-refractivity contribution < 1.29 is 0 Å². The third-order valence-corrected chi connectivity index (χ3v) is 14.9. The fourth-order valence-corrected chi connectivity index (χ4v) is 12.2. The van der Waals surface area contributed by atoms with Crippen LogP contribution < -0.4 is 4.90 Å². The SMILES string of the molecule is c1ccc(-c2cccc(-c3c(N(c4ccc5c(c4)C(c4ccccc4)(c4ccccc4)c4ccccc4-5)c4cccc5c4sc4ccccc45)c4ccccc4c4ccccc34)c2)cc1. The molecule has 2 heteroatoms. The van der Waals surface area contributed by atoms with Crippen molar-refractivity contribution in [3.8, 4) is 33.4 Å². The zero-order valence-corrected chi connectivity index (χ0v) is 36.3. The van der Waals surface area contributed by atoms with Crippen molar-refractivity contribution in [1.29, 1.82) is 0 Å². The van der Waals surface area contributed by atoms with Crippen LogP contribution in [-0.2, 0) is 5.41 Å². The van der Waals surface area contributed by atoms with Crippen LogP contribution >= 0.6 is 11.3 Å². The van der Waals surface area contributed by atoms with E-state index >= 15 is 0 Å². The van der Waals surface area contributed by atoms with E-state index in [4.69, 9.17) is 0 Å². The zero-order valence-electron chi connectivity index (χ0n) is 35.5. The minimum absolute atomic E-state index is 0.557. The summed E-state index contributed by atoms with van der Waals surface area (Å²) in [6.45, 7) is 0. The summed E-state index contributed by atoms with van der Waals surface area (Å²) in [5, 5.41) is 7.43. The van der Waals surface area contributed by atoms with Gasteiger partial charge in [0.2, 0.25) is 0 Å². The van der Waals surface area contributed by atoms with Gasteiger partial charge >= 0.3 is 0 Å². The molecule has 0 saturated heterocycles. The second-order valence-electron chi connectivity index (χ2n) is 17.1. The van der Waals surface area contributed by atoms with Gasteiger partial charge in [0.05, 0.1) is 21.5 Å². The average Bonchev–Trinajstić information content (AvgIpc) is 3.91. The Kier molecular flexibility index (Phi) is 8.69. The number of anilines is 3. The van der Waals surface area contributed by atoms with E-state index in [9.17, 15) is 0 Å². The summed E-state index contributed by atoms with van der Waals surface area (Å²) in [6, 6.07) is 92.4. The molecular formula is C63H41NS. The van der Waals surface area contributed by atoms with Gasteiger partial charge in [0.25, 0.3) is 0 Å². The highest BCUT2D eigenvalue weighted by Gasteiger charge is 2.46. The molecule has 0 bridgehead atoms. The molecule has 13 rings (SSSR count). The van der Waals surface area contributed by atoms with Gasteiger partial charge in [-0.15, -0.1) is 11.3 Å². The van der Waals surface area contributed by atoms with Crippen LogP contribution in [0.3, 0.4) is 0 Å². The molecule has 0 amide bonds. The van der Waals surface area contributed by atoms with Crippen molar-refractivity contribution in [2.45, 2.75) is 5.41 Å². The Morgan fingerprint density at radius 3 is 1.63 bits per heavy atom. The predicted octanol–water partition coefficient (Wildman–Crippen LogP) is 17.5. The summed E-state index contributed by atoms with van der Waals surface area (Å²) in [7, 11) is 0. The minimum Gasteiger partial charge on any atom is -0.308 e.